The maximum Gasteiger partial charge on any atom is 0.338 e. The number of carbonyl (C=O) groups is 1. The SMILES string of the molecule is COc1ccc([C@@H]2C(C(=O)OCc3ccccc3)=C(C)Nc3ncnn32)cc1. The lowest BCUT2D eigenvalue weighted by molar-refractivity contribution is -0.140. The zero-order valence-electron chi connectivity index (χ0n) is 15.6. The van der Waals surface area contributed by atoms with Crippen LogP contribution >= 0.6 is 0 Å². The second-order valence-corrected chi connectivity index (χ2v) is 6.43. The van der Waals surface area contributed by atoms with Gasteiger partial charge in [-0.2, -0.15) is 10.1 Å². The van der Waals surface area contributed by atoms with Gasteiger partial charge < -0.3 is 14.8 Å². The third-order valence-corrected chi connectivity index (χ3v) is 4.66. The number of hydrogen-bond donors (Lipinski definition) is 1. The van der Waals surface area contributed by atoms with Crippen molar-refractivity contribution in [3.63, 3.8) is 0 Å². The summed E-state index contributed by atoms with van der Waals surface area (Å²) in [6.45, 7) is 2.05. The quantitative estimate of drug-likeness (QED) is 0.688. The van der Waals surface area contributed by atoms with Crippen molar-refractivity contribution in [3.8, 4) is 5.75 Å². The van der Waals surface area contributed by atoms with Crippen LogP contribution in [0.25, 0.3) is 0 Å². The van der Waals surface area contributed by atoms with Crippen LogP contribution in [-0.2, 0) is 16.1 Å². The number of nitrogens with one attached hydrogen (secondary N) is 1. The number of benzene rings is 2. The van der Waals surface area contributed by atoms with Crippen molar-refractivity contribution in [2.75, 3.05) is 12.4 Å². The number of aromatic nitrogens is 3. The van der Waals surface area contributed by atoms with Crippen molar-refractivity contribution in [1.29, 1.82) is 0 Å². The predicted molar refractivity (Wildman–Crippen MR) is 104 cm³/mol. The van der Waals surface area contributed by atoms with Crippen LogP contribution in [0.2, 0.25) is 0 Å². The van der Waals surface area contributed by atoms with Crippen LogP contribution in [0.4, 0.5) is 5.95 Å². The minimum atomic E-state index is -0.437. The van der Waals surface area contributed by atoms with Gasteiger partial charge in [0, 0.05) is 5.70 Å². The van der Waals surface area contributed by atoms with Gasteiger partial charge in [0.2, 0.25) is 5.95 Å². The van der Waals surface area contributed by atoms with E-state index in [4.69, 9.17) is 9.47 Å². The van der Waals surface area contributed by atoms with E-state index in [0.717, 1.165) is 16.9 Å². The highest BCUT2D eigenvalue weighted by atomic mass is 16.5. The van der Waals surface area contributed by atoms with Crippen LogP contribution < -0.4 is 10.1 Å². The van der Waals surface area contributed by atoms with Gasteiger partial charge in [0.05, 0.1) is 12.7 Å². The van der Waals surface area contributed by atoms with Gasteiger partial charge in [0.1, 0.15) is 24.7 Å². The molecule has 0 fully saturated rings. The maximum absolute atomic E-state index is 13.0. The molecule has 4 rings (SSSR count). The van der Waals surface area contributed by atoms with Gasteiger partial charge in [0.25, 0.3) is 0 Å². The average Bonchev–Trinajstić information content (AvgIpc) is 3.20. The molecular formula is C21H20N4O3. The van der Waals surface area contributed by atoms with Crippen molar-refractivity contribution < 1.29 is 14.3 Å². The monoisotopic (exact) mass is 376 g/mol. The first kappa shape index (κ1) is 17.8. The summed E-state index contributed by atoms with van der Waals surface area (Å²) >= 11 is 0. The van der Waals surface area contributed by atoms with Gasteiger partial charge in [-0.15, -0.1) is 0 Å². The molecule has 2 aromatic carbocycles. The van der Waals surface area contributed by atoms with Gasteiger partial charge in [-0.3, -0.25) is 0 Å². The van der Waals surface area contributed by atoms with Crippen LogP contribution in [0.3, 0.4) is 0 Å². The topological polar surface area (TPSA) is 78.3 Å². The minimum absolute atomic E-state index is 0.204. The summed E-state index contributed by atoms with van der Waals surface area (Å²) < 4.78 is 12.5. The Morgan fingerprint density at radius 1 is 1.14 bits per heavy atom. The molecule has 28 heavy (non-hydrogen) atoms. The first-order chi connectivity index (χ1) is 13.7. The molecule has 0 saturated carbocycles. The molecule has 0 radical (unpaired) electrons. The predicted octanol–water partition coefficient (Wildman–Crippen LogP) is 3.32. The van der Waals surface area contributed by atoms with E-state index < -0.39 is 12.0 Å². The number of anilines is 1. The number of methoxy groups -OCH3 is 1. The van der Waals surface area contributed by atoms with Crippen molar-refractivity contribution >= 4 is 11.9 Å². The van der Waals surface area contributed by atoms with Crippen molar-refractivity contribution in [1.82, 2.24) is 14.8 Å². The van der Waals surface area contributed by atoms with Gasteiger partial charge in [-0.05, 0) is 30.2 Å². The van der Waals surface area contributed by atoms with Crippen molar-refractivity contribution in [3.05, 3.63) is 83.3 Å². The standard InChI is InChI=1S/C21H20N4O3/c1-14-18(20(26)28-12-15-6-4-3-5-7-15)19(25-21(24-14)22-13-23-25)16-8-10-17(27-2)11-9-16/h3-11,13,19H,12H2,1-2H3,(H,22,23,24)/t19-/m1/s1. The van der Waals surface area contributed by atoms with Crippen molar-refractivity contribution in [2.24, 2.45) is 0 Å². The van der Waals surface area contributed by atoms with Crippen LogP contribution in [0.5, 0.6) is 5.75 Å². The third-order valence-electron chi connectivity index (χ3n) is 4.66. The Morgan fingerprint density at radius 2 is 1.89 bits per heavy atom. The highest BCUT2D eigenvalue weighted by Gasteiger charge is 2.34. The van der Waals surface area contributed by atoms with E-state index in [9.17, 15) is 4.79 Å². The van der Waals surface area contributed by atoms with E-state index in [2.05, 4.69) is 15.4 Å². The summed E-state index contributed by atoms with van der Waals surface area (Å²) in [4.78, 5) is 17.2. The van der Waals surface area contributed by atoms with Gasteiger partial charge >= 0.3 is 5.97 Å². The molecule has 1 aliphatic rings. The van der Waals surface area contributed by atoms with E-state index in [1.54, 1.807) is 11.8 Å². The number of carbonyl (C=O) groups excluding carboxylic acids is 1. The first-order valence-corrected chi connectivity index (χ1v) is 8.89. The first-order valence-electron chi connectivity index (χ1n) is 8.89. The summed E-state index contributed by atoms with van der Waals surface area (Å²) in [5, 5.41) is 7.45. The second-order valence-electron chi connectivity index (χ2n) is 6.43. The molecule has 0 aliphatic carbocycles. The minimum Gasteiger partial charge on any atom is -0.497 e. The summed E-state index contributed by atoms with van der Waals surface area (Å²) in [7, 11) is 1.62. The molecule has 0 bridgehead atoms. The number of nitrogens with zero attached hydrogens (tertiary/aromatic N) is 3. The second kappa shape index (κ2) is 7.56. The number of ether oxygens (including phenoxy) is 2. The summed E-state index contributed by atoms with van der Waals surface area (Å²) in [5.41, 5.74) is 3.01. The smallest absolute Gasteiger partial charge is 0.338 e. The number of rotatable bonds is 5. The van der Waals surface area contributed by atoms with E-state index in [1.165, 1.54) is 6.33 Å². The summed E-state index contributed by atoms with van der Waals surface area (Å²) in [5.74, 6) is 0.930. The van der Waals surface area contributed by atoms with E-state index in [0.29, 0.717) is 17.2 Å². The van der Waals surface area contributed by atoms with Crippen LogP contribution in [-0.4, -0.2) is 27.8 Å². The third kappa shape index (κ3) is 3.34. The lowest BCUT2D eigenvalue weighted by Crippen LogP contribution is -2.29. The molecule has 1 aliphatic heterocycles. The average molecular weight is 376 g/mol. The highest BCUT2D eigenvalue weighted by molar-refractivity contribution is 5.92. The Balaban J connectivity index is 1.67. The fraction of sp³-hybridized carbons (Fsp3) is 0.190. The fourth-order valence-corrected chi connectivity index (χ4v) is 3.25. The van der Waals surface area contributed by atoms with Crippen LogP contribution in [0.1, 0.15) is 24.1 Å². The van der Waals surface area contributed by atoms with Gasteiger partial charge in [-0.1, -0.05) is 42.5 Å². The van der Waals surface area contributed by atoms with Gasteiger partial charge in [0.15, 0.2) is 0 Å². The lowest BCUT2D eigenvalue weighted by atomic mass is 9.96. The molecule has 0 amide bonds. The number of allylic oxidation sites excluding steroid dienone is 1. The number of hydrogen-bond acceptors (Lipinski definition) is 6. The maximum atomic E-state index is 13.0. The zero-order valence-corrected chi connectivity index (χ0v) is 15.6. The molecule has 2 heterocycles. The molecule has 0 unspecified atom stereocenters. The molecule has 7 nitrogen and oxygen atoms in total. The van der Waals surface area contributed by atoms with Crippen LogP contribution in [0, 0.1) is 0 Å². The molecular weight excluding hydrogens is 356 g/mol. The van der Waals surface area contributed by atoms with E-state index >= 15 is 0 Å². The van der Waals surface area contributed by atoms with Crippen molar-refractivity contribution in [2.45, 2.75) is 19.6 Å². The molecule has 0 saturated heterocycles. The number of fused-ring (bicyclic) bond motifs is 1. The lowest BCUT2D eigenvalue weighted by Gasteiger charge is -2.28. The van der Waals surface area contributed by atoms with E-state index in [-0.39, 0.29) is 6.61 Å². The molecule has 142 valence electrons. The summed E-state index contributed by atoms with van der Waals surface area (Å²) in [6.07, 6.45) is 1.46. The fourth-order valence-electron chi connectivity index (χ4n) is 3.25. The molecule has 7 heteroatoms. The van der Waals surface area contributed by atoms with Gasteiger partial charge in [-0.25, -0.2) is 9.48 Å². The molecule has 0 spiro atoms. The summed E-state index contributed by atoms with van der Waals surface area (Å²) in [6, 6.07) is 16.7. The Hall–Kier alpha value is -3.61. The molecule has 3 aromatic rings. The zero-order chi connectivity index (χ0) is 19.5. The molecule has 1 aromatic heterocycles. The van der Waals surface area contributed by atoms with Crippen LogP contribution in [0.15, 0.2) is 72.2 Å². The normalized spacial score (nSPS) is 15.6. The number of esters is 1. The van der Waals surface area contributed by atoms with E-state index in [1.807, 2.05) is 61.5 Å². The molecule has 1 atom stereocenters. The Morgan fingerprint density at radius 3 is 2.61 bits per heavy atom. The Bertz CT molecular complexity index is 1010. The molecule has 1 N–H and O–H groups in total. The largest absolute Gasteiger partial charge is 0.497 e. The highest BCUT2D eigenvalue weighted by Crippen LogP contribution is 2.35. The Labute approximate surface area is 162 Å². The Kier molecular flexibility index (Phi) is 4.80.